The SMILES string of the molecule is COc1ccccc1CN1COc2ccc3c(=O)c(-c4ccccc4)c(C)oc3c2C1. The second kappa shape index (κ2) is 7.93. The summed E-state index contributed by atoms with van der Waals surface area (Å²) in [7, 11) is 1.68. The van der Waals surface area contributed by atoms with Crippen LogP contribution in [0.25, 0.3) is 22.1 Å². The summed E-state index contributed by atoms with van der Waals surface area (Å²) < 4.78 is 17.7. The first-order chi connectivity index (χ1) is 15.2. The Balaban J connectivity index is 1.56. The van der Waals surface area contributed by atoms with Crippen molar-refractivity contribution < 1.29 is 13.9 Å². The molecule has 0 saturated heterocycles. The first-order valence-electron chi connectivity index (χ1n) is 10.3. The van der Waals surface area contributed by atoms with Crippen LogP contribution in [0.2, 0.25) is 0 Å². The maximum Gasteiger partial charge on any atom is 0.200 e. The minimum atomic E-state index is -0.0189. The first-order valence-corrected chi connectivity index (χ1v) is 10.3. The van der Waals surface area contributed by atoms with Gasteiger partial charge in [-0.1, -0.05) is 48.5 Å². The zero-order valence-electron chi connectivity index (χ0n) is 17.6. The summed E-state index contributed by atoms with van der Waals surface area (Å²) in [5, 5.41) is 0.575. The number of rotatable bonds is 4. The summed E-state index contributed by atoms with van der Waals surface area (Å²) >= 11 is 0. The topological polar surface area (TPSA) is 51.9 Å². The van der Waals surface area contributed by atoms with Crippen LogP contribution < -0.4 is 14.9 Å². The zero-order valence-corrected chi connectivity index (χ0v) is 17.6. The van der Waals surface area contributed by atoms with Crippen molar-refractivity contribution in [3.8, 4) is 22.6 Å². The van der Waals surface area contributed by atoms with Gasteiger partial charge < -0.3 is 13.9 Å². The number of hydrogen-bond acceptors (Lipinski definition) is 5. The summed E-state index contributed by atoms with van der Waals surface area (Å²) in [6, 6.07) is 21.3. The van der Waals surface area contributed by atoms with Crippen molar-refractivity contribution in [2.24, 2.45) is 0 Å². The first kappa shape index (κ1) is 19.4. The van der Waals surface area contributed by atoms with Gasteiger partial charge in [0.05, 0.1) is 23.6 Å². The van der Waals surface area contributed by atoms with Gasteiger partial charge >= 0.3 is 0 Å². The van der Waals surface area contributed by atoms with Gasteiger partial charge in [-0.05, 0) is 30.7 Å². The molecule has 0 fully saturated rings. The fourth-order valence-corrected chi connectivity index (χ4v) is 4.23. The number of para-hydroxylation sites is 1. The Bertz CT molecular complexity index is 1310. The molecule has 0 atom stereocenters. The normalized spacial score (nSPS) is 13.6. The third-order valence-electron chi connectivity index (χ3n) is 5.73. The Morgan fingerprint density at radius 3 is 2.58 bits per heavy atom. The molecule has 4 aromatic rings. The maximum absolute atomic E-state index is 13.4. The molecule has 0 unspecified atom stereocenters. The monoisotopic (exact) mass is 413 g/mol. The molecule has 0 bridgehead atoms. The molecule has 31 heavy (non-hydrogen) atoms. The molecule has 0 saturated carbocycles. The van der Waals surface area contributed by atoms with E-state index >= 15 is 0 Å². The van der Waals surface area contributed by atoms with Crippen LogP contribution in [0.5, 0.6) is 11.5 Å². The van der Waals surface area contributed by atoms with Crippen LogP contribution >= 0.6 is 0 Å². The second-order valence-corrected chi connectivity index (χ2v) is 7.72. The van der Waals surface area contributed by atoms with Crippen molar-refractivity contribution >= 4 is 11.0 Å². The predicted molar refractivity (Wildman–Crippen MR) is 120 cm³/mol. The molecule has 1 aliphatic heterocycles. The highest BCUT2D eigenvalue weighted by Gasteiger charge is 2.24. The third kappa shape index (κ3) is 3.47. The van der Waals surface area contributed by atoms with Gasteiger partial charge in [0.15, 0.2) is 0 Å². The van der Waals surface area contributed by atoms with E-state index in [4.69, 9.17) is 13.9 Å². The van der Waals surface area contributed by atoms with E-state index in [9.17, 15) is 4.79 Å². The number of fused-ring (bicyclic) bond motifs is 3. The molecular weight excluding hydrogens is 390 g/mol. The molecule has 5 heteroatoms. The van der Waals surface area contributed by atoms with Gasteiger partial charge in [-0.2, -0.15) is 0 Å². The Morgan fingerprint density at radius 2 is 1.77 bits per heavy atom. The van der Waals surface area contributed by atoms with Crippen molar-refractivity contribution in [1.29, 1.82) is 0 Å². The Kier molecular flexibility index (Phi) is 4.96. The zero-order chi connectivity index (χ0) is 21.4. The lowest BCUT2D eigenvalue weighted by molar-refractivity contribution is 0.0882. The van der Waals surface area contributed by atoms with E-state index in [1.165, 1.54) is 0 Å². The molecule has 3 aromatic carbocycles. The van der Waals surface area contributed by atoms with Gasteiger partial charge in [-0.25, -0.2) is 0 Å². The summed E-state index contributed by atoms with van der Waals surface area (Å²) in [6.45, 7) is 3.60. The Hall–Kier alpha value is -3.57. The number of nitrogens with zero attached hydrogens (tertiary/aromatic N) is 1. The summed E-state index contributed by atoms with van der Waals surface area (Å²) in [4.78, 5) is 15.5. The number of benzene rings is 3. The lowest BCUT2D eigenvalue weighted by Gasteiger charge is -2.29. The van der Waals surface area contributed by atoms with Crippen LogP contribution in [0.4, 0.5) is 0 Å². The molecule has 2 heterocycles. The molecule has 5 nitrogen and oxygen atoms in total. The van der Waals surface area contributed by atoms with Crippen molar-refractivity contribution in [3.05, 3.63) is 93.8 Å². The van der Waals surface area contributed by atoms with E-state index in [1.807, 2.05) is 73.7 Å². The van der Waals surface area contributed by atoms with Gasteiger partial charge in [0.1, 0.15) is 29.6 Å². The van der Waals surface area contributed by atoms with Crippen molar-refractivity contribution in [2.75, 3.05) is 13.8 Å². The molecule has 0 aliphatic carbocycles. The molecule has 5 rings (SSSR count). The summed E-state index contributed by atoms with van der Waals surface area (Å²) in [5.41, 5.74) is 4.04. The molecule has 0 N–H and O–H groups in total. The molecule has 0 amide bonds. The lowest BCUT2D eigenvalue weighted by atomic mass is 10.0. The predicted octanol–water partition coefficient (Wildman–Crippen LogP) is 5.13. The van der Waals surface area contributed by atoms with E-state index in [1.54, 1.807) is 7.11 Å². The molecule has 156 valence electrons. The fraction of sp³-hybridized carbons (Fsp3) is 0.192. The third-order valence-corrected chi connectivity index (χ3v) is 5.73. The molecule has 1 aliphatic rings. The van der Waals surface area contributed by atoms with Crippen LogP contribution in [0, 0.1) is 6.92 Å². The molecule has 0 spiro atoms. The number of ether oxygens (including phenoxy) is 2. The van der Waals surface area contributed by atoms with Crippen molar-refractivity contribution in [3.63, 3.8) is 0 Å². The van der Waals surface area contributed by atoms with E-state index in [-0.39, 0.29) is 5.43 Å². The van der Waals surface area contributed by atoms with Crippen molar-refractivity contribution in [2.45, 2.75) is 20.0 Å². The average Bonchev–Trinajstić information content (AvgIpc) is 2.80. The highest BCUT2D eigenvalue weighted by Crippen LogP contribution is 2.34. The van der Waals surface area contributed by atoms with Crippen molar-refractivity contribution in [1.82, 2.24) is 4.90 Å². The largest absolute Gasteiger partial charge is 0.496 e. The lowest BCUT2D eigenvalue weighted by Crippen LogP contribution is -2.32. The van der Waals surface area contributed by atoms with Gasteiger partial charge in [-0.3, -0.25) is 9.69 Å². The average molecular weight is 413 g/mol. The summed E-state index contributed by atoms with van der Waals surface area (Å²) in [6.07, 6.45) is 0. The number of aryl methyl sites for hydroxylation is 1. The Morgan fingerprint density at radius 1 is 1.00 bits per heavy atom. The minimum Gasteiger partial charge on any atom is -0.496 e. The highest BCUT2D eigenvalue weighted by molar-refractivity contribution is 5.86. The van der Waals surface area contributed by atoms with Gasteiger partial charge in [-0.15, -0.1) is 0 Å². The smallest absolute Gasteiger partial charge is 0.200 e. The van der Waals surface area contributed by atoms with E-state index in [0.717, 1.165) is 28.2 Å². The molecule has 1 aromatic heterocycles. The molecular formula is C26H23NO4. The van der Waals surface area contributed by atoms with Gasteiger partial charge in [0.2, 0.25) is 5.43 Å². The van der Waals surface area contributed by atoms with E-state index in [0.29, 0.717) is 42.1 Å². The fourth-order valence-electron chi connectivity index (χ4n) is 4.23. The minimum absolute atomic E-state index is 0.0189. The number of hydrogen-bond donors (Lipinski definition) is 0. The standard InChI is InChI=1S/C26H23NO4/c1-17-24(18-8-4-3-5-9-18)25(28)20-12-13-23-21(26(20)31-17)15-27(16-30-23)14-19-10-6-7-11-22(19)29-2/h3-13H,14-16H2,1-2H3. The number of methoxy groups -OCH3 is 1. The van der Waals surface area contributed by atoms with Gasteiger partial charge in [0.25, 0.3) is 0 Å². The highest BCUT2D eigenvalue weighted by atomic mass is 16.5. The van der Waals surface area contributed by atoms with Crippen LogP contribution in [0.15, 0.2) is 75.9 Å². The maximum atomic E-state index is 13.4. The summed E-state index contributed by atoms with van der Waals surface area (Å²) in [5.74, 6) is 2.22. The quantitative estimate of drug-likeness (QED) is 0.464. The van der Waals surface area contributed by atoms with Gasteiger partial charge in [0, 0.05) is 18.7 Å². The van der Waals surface area contributed by atoms with E-state index < -0.39 is 0 Å². The molecule has 0 radical (unpaired) electrons. The van der Waals surface area contributed by atoms with Crippen LogP contribution in [-0.4, -0.2) is 18.7 Å². The second-order valence-electron chi connectivity index (χ2n) is 7.72. The van der Waals surface area contributed by atoms with Crippen LogP contribution in [0.1, 0.15) is 16.9 Å². The van der Waals surface area contributed by atoms with E-state index in [2.05, 4.69) is 4.90 Å². The Labute approximate surface area is 180 Å². The van der Waals surface area contributed by atoms with Crippen LogP contribution in [-0.2, 0) is 13.1 Å². The van der Waals surface area contributed by atoms with Crippen LogP contribution in [0.3, 0.4) is 0 Å².